The molecule has 0 aromatic carbocycles. The van der Waals surface area contributed by atoms with E-state index in [0.717, 1.165) is 18.2 Å². The van der Waals surface area contributed by atoms with E-state index in [1.165, 1.54) is 6.92 Å². The van der Waals surface area contributed by atoms with Gasteiger partial charge < -0.3 is 19.4 Å². The number of carbonyl (C=O) groups excluding carboxylic acids is 2. The second-order valence-electron chi connectivity index (χ2n) is 6.11. The van der Waals surface area contributed by atoms with Crippen molar-refractivity contribution in [2.24, 2.45) is 0 Å². The SMILES string of the molecule is CC(=O)N1CCOC(C)(C(=O)N2CCN(c3nccs3)CC2)C1. The topological polar surface area (TPSA) is 66.0 Å². The number of carbonyl (C=O) groups is 2. The van der Waals surface area contributed by atoms with Crippen LogP contribution < -0.4 is 4.90 Å². The maximum absolute atomic E-state index is 12.9. The van der Waals surface area contributed by atoms with E-state index in [-0.39, 0.29) is 11.8 Å². The van der Waals surface area contributed by atoms with E-state index in [4.69, 9.17) is 4.74 Å². The number of ether oxygens (including phenoxy) is 1. The van der Waals surface area contributed by atoms with Crippen LogP contribution in [0.25, 0.3) is 0 Å². The predicted molar refractivity (Wildman–Crippen MR) is 87.5 cm³/mol. The molecule has 3 heterocycles. The average Bonchev–Trinajstić information content (AvgIpc) is 3.09. The summed E-state index contributed by atoms with van der Waals surface area (Å²) in [5.41, 5.74) is -0.937. The Morgan fingerprint density at radius 3 is 2.57 bits per heavy atom. The molecule has 1 atom stereocenters. The number of piperazine rings is 1. The number of anilines is 1. The molecule has 1 aromatic heterocycles. The van der Waals surface area contributed by atoms with Gasteiger partial charge in [-0.1, -0.05) is 0 Å². The molecule has 8 heteroatoms. The molecule has 0 radical (unpaired) electrons. The molecule has 1 aromatic rings. The van der Waals surface area contributed by atoms with E-state index < -0.39 is 5.60 Å². The lowest BCUT2D eigenvalue weighted by molar-refractivity contribution is -0.171. The van der Waals surface area contributed by atoms with Crippen LogP contribution in [-0.2, 0) is 14.3 Å². The van der Waals surface area contributed by atoms with Gasteiger partial charge in [0, 0.05) is 51.2 Å². The number of morpholine rings is 1. The summed E-state index contributed by atoms with van der Waals surface area (Å²) in [5, 5.41) is 2.96. The van der Waals surface area contributed by atoms with Crippen molar-refractivity contribution in [3.63, 3.8) is 0 Å². The Bertz CT molecular complexity index is 571. The summed E-state index contributed by atoms with van der Waals surface area (Å²) in [5.74, 6) is -0.0387. The van der Waals surface area contributed by atoms with Gasteiger partial charge >= 0.3 is 0 Å². The Morgan fingerprint density at radius 1 is 1.22 bits per heavy atom. The van der Waals surface area contributed by atoms with E-state index in [2.05, 4.69) is 9.88 Å². The number of nitrogens with zero attached hydrogens (tertiary/aromatic N) is 4. The molecule has 1 unspecified atom stereocenters. The molecule has 2 aliphatic heterocycles. The van der Waals surface area contributed by atoms with E-state index in [9.17, 15) is 9.59 Å². The first-order chi connectivity index (χ1) is 11.0. The molecule has 23 heavy (non-hydrogen) atoms. The second kappa shape index (κ2) is 6.45. The van der Waals surface area contributed by atoms with Gasteiger partial charge in [-0.3, -0.25) is 9.59 Å². The van der Waals surface area contributed by atoms with Gasteiger partial charge in [-0.25, -0.2) is 4.98 Å². The molecule has 0 saturated carbocycles. The fourth-order valence-electron chi connectivity index (χ4n) is 3.08. The van der Waals surface area contributed by atoms with Crippen molar-refractivity contribution in [1.82, 2.24) is 14.8 Å². The van der Waals surface area contributed by atoms with Crippen LogP contribution in [0.4, 0.5) is 5.13 Å². The predicted octanol–water partition coefficient (Wildman–Crippen LogP) is 0.429. The molecule has 126 valence electrons. The number of amides is 2. The lowest BCUT2D eigenvalue weighted by Gasteiger charge is -2.43. The lowest BCUT2D eigenvalue weighted by atomic mass is 10.0. The summed E-state index contributed by atoms with van der Waals surface area (Å²) in [6, 6.07) is 0. The molecular weight excluding hydrogens is 316 g/mol. The third-order valence-corrected chi connectivity index (χ3v) is 5.26. The van der Waals surface area contributed by atoms with Gasteiger partial charge in [0.05, 0.1) is 13.2 Å². The quantitative estimate of drug-likeness (QED) is 0.782. The number of hydrogen-bond donors (Lipinski definition) is 0. The van der Waals surface area contributed by atoms with Crippen molar-refractivity contribution in [3.8, 4) is 0 Å². The molecule has 0 bridgehead atoms. The third kappa shape index (κ3) is 3.32. The normalized spacial score (nSPS) is 25.6. The van der Waals surface area contributed by atoms with Gasteiger partial charge in [-0.15, -0.1) is 11.3 Å². The molecule has 2 aliphatic rings. The van der Waals surface area contributed by atoms with Crippen LogP contribution in [0.5, 0.6) is 0 Å². The van der Waals surface area contributed by atoms with Crippen LogP contribution in [-0.4, -0.2) is 78.1 Å². The van der Waals surface area contributed by atoms with E-state index in [1.54, 1.807) is 29.4 Å². The van der Waals surface area contributed by atoms with Crippen molar-refractivity contribution >= 4 is 28.3 Å². The minimum atomic E-state index is -0.937. The zero-order chi connectivity index (χ0) is 16.4. The van der Waals surface area contributed by atoms with Crippen molar-refractivity contribution < 1.29 is 14.3 Å². The van der Waals surface area contributed by atoms with Crippen LogP contribution in [0.1, 0.15) is 13.8 Å². The molecule has 7 nitrogen and oxygen atoms in total. The maximum Gasteiger partial charge on any atom is 0.256 e. The Kier molecular flexibility index (Phi) is 4.54. The first kappa shape index (κ1) is 16.2. The van der Waals surface area contributed by atoms with Crippen molar-refractivity contribution in [1.29, 1.82) is 0 Å². The number of hydrogen-bond acceptors (Lipinski definition) is 6. The minimum Gasteiger partial charge on any atom is -0.362 e. The zero-order valence-corrected chi connectivity index (χ0v) is 14.3. The molecule has 2 saturated heterocycles. The molecule has 2 amide bonds. The molecule has 0 aliphatic carbocycles. The van der Waals surface area contributed by atoms with E-state index in [0.29, 0.717) is 32.8 Å². The van der Waals surface area contributed by atoms with Gasteiger partial charge in [-0.05, 0) is 6.92 Å². The van der Waals surface area contributed by atoms with Gasteiger partial charge in [-0.2, -0.15) is 0 Å². The Hall–Kier alpha value is -1.67. The van der Waals surface area contributed by atoms with Crippen LogP contribution in [0.15, 0.2) is 11.6 Å². The van der Waals surface area contributed by atoms with Gasteiger partial charge in [0.25, 0.3) is 5.91 Å². The van der Waals surface area contributed by atoms with Crippen molar-refractivity contribution in [2.75, 3.05) is 50.8 Å². The Morgan fingerprint density at radius 2 is 1.96 bits per heavy atom. The fraction of sp³-hybridized carbons (Fsp3) is 0.667. The number of aromatic nitrogens is 1. The standard InChI is InChI=1S/C15H22N4O3S/c1-12(20)19-8-9-22-15(2,11-19)13(21)17-4-6-18(7-5-17)14-16-3-10-23-14/h3,10H,4-9,11H2,1-2H3. The summed E-state index contributed by atoms with van der Waals surface area (Å²) in [6.45, 7) is 7.44. The highest BCUT2D eigenvalue weighted by molar-refractivity contribution is 7.13. The highest BCUT2D eigenvalue weighted by atomic mass is 32.1. The lowest BCUT2D eigenvalue weighted by Crippen LogP contribution is -2.62. The van der Waals surface area contributed by atoms with Gasteiger partial charge in [0.15, 0.2) is 10.7 Å². The molecule has 3 rings (SSSR count). The van der Waals surface area contributed by atoms with E-state index in [1.807, 2.05) is 10.3 Å². The van der Waals surface area contributed by atoms with Crippen LogP contribution in [0, 0.1) is 0 Å². The third-order valence-electron chi connectivity index (χ3n) is 4.43. The molecular formula is C15H22N4O3S. The number of rotatable bonds is 2. The van der Waals surface area contributed by atoms with Crippen molar-refractivity contribution in [2.45, 2.75) is 19.4 Å². The maximum atomic E-state index is 12.9. The largest absolute Gasteiger partial charge is 0.362 e. The van der Waals surface area contributed by atoms with Crippen LogP contribution in [0.2, 0.25) is 0 Å². The van der Waals surface area contributed by atoms with Gasteiger partial charge in [0.1, 0.15) is 0 Å². The highest BCUT2D eigenvalue weighted by Gasteiger charge is 2.43. The zero-order valence-electron chi connectivity index (χ0n) is 13.5. The summed E-state index contributed by atoms with van der Waals surface area (Å²) >= 11 is 1.61. The fourth-order valence-corrected chi connectivity index (χ4v) is 3.77. The van der Waals surface area contributed by atoms with Crippen LogP contribution in [0.3, 0.4) is 0 Å². The second-order valence-corrected chi connectivity index (χ2v) is 6.99. The summed E-state index contributed by atoms with van der Waals surface area (Å²) in [7, 11) is 0. The highest BCUT2D eigenvalue weighted by Crippen LogP contribution is 2.23. The Balaban J connectivity index is 1.61. The number of thiazole rings is 1. The Labute approximate surface area is 139 Å². The van der Waals surface area contributed by atoms with Crippen molar-refractivity contribution in [3.05, 3.63) is 11.6 Å². The molecule has 0 N–H and O–H groups in total. The summed E-state index contributed by atoms with van der Waals surface area (Å²) in [6.07, 6.45) is 1.80. The first-order valence-electron chi connectivity index (χ1n) is 7.83. The summed E-state index contributed by atoms with van der Waals surface area (Å²) in [4.78, 5) is 34.5. The monoisotopic (exact) mass is 338 g/mol. The first-order valence-corrected chi connectivity index (χ1v) is 8.71. The molecule has 2 fully saturated rings. The summed E-state index contributed by atoms with van der Waals surface area (Å²) < 4.78 is 5.75. The molecule has 0 spiro atoms. The smallest absolute Gasteiger partial charge is 0.256 e. The van der Waals surface area contributed by atoms with Gasteiger partial charge in [0.2, 0.25) is 5.91 Å². The minimum absolute atomic E-state index is 0.0130. The average molecular weight is 338 g/mol. The van der Waals surface area contributed by atoms with E-state index >= 15 is 0 Å². The van der Waals surface area contributed by atoms with Crippen LogP contribution >= 0.6 is 11.3 Å².